The molecule has 1 aliphatic carbocycles. The first-order chi connectivity index (χ1) is 10.4. The number of hydrogen-bond donors (Lipinski definition) is 2. The van der Waals surface area contributed by atoms with Crippen LogP contribution in [0.15, 0.2) is 23.1 Å². The Morgan fingerprint density at radius 2 is 2.09 bits per heavy atom. The Balaban J connectivity index is 0.00000264. The zero-order valence-electron chi connectivity index (χ0n) is 12.8. The van der Waals surface area contributed by atoms with E-state index in [0.717, 1.165) is 25.0 Å². The Bertz CT molecular complexity index is 611. The van der Waals surface area contributed by atoms with Crippen LogP contribution in [0, 0.1) is 11.7 Å². The third-order valence-electron chi connectivity index (χ3n) is 3.48. The Labute approximate surface area is 142 Å². The van der Waals surface area contributed by atoms with E-state index >= 15 is 0 Å². The maximum absolute atomic E-state index is 13.4. The molecule has 1 aromatic rings. The van der Waals surface area contributed by atoms with E-state index in [1.807, 2.05) is 0 Å². The second kappa shape index (κ2) is 8.79. The van der Waals surface area contributed by atoms with Crippen LogP contribution in [0.2, 0.25) is 0 Å². The fraction of sp³-hybridized carbons (Fsp3) is 0.571. The third kappa shape index (κ3) is 5.89. The van der Waals surface area contributed by atoms with Crippen LogP contribution in [0.25, 0.3) is 0 Å². The smallest absolute Gasteiger partial charge is 0.244 e. The molecule has 132 valence electrons. The van der Waals surface area contributed by atoms with Crippen LogP contribution in [0.3, 0.4) is 0 Å². The molecular weight excluding hydrogens is 347 g/mol. The van der Waals surface area contributed by atoms with Crippen molar-refractivity contribution in [2.45, 2.75) is 23.8 Å². The summed E-state index contributed by atoms with van der Waals surface area (Å²) < 4.78 is 50.7. The van der Waals surface area contributed by atoms with Crippen molar-refractivity contribution < 1.29 is 22.3 Å². The molecule has 0 radical (unpaired) electrons. The van der Waals surface area contributed by atoms with Gasteiger partial charge in [-0.15, -0.1) is 12.4 Å². The predicted molar refractivity (Wildman–Crippen MR) is 86.9 cm³/mol. The lowest BCUT2D eigenvalue weighted by molar-refractivity contribution is 0.144. The second-order valence-electron chi connectivity index (χ2n) is 5.29. The highest BCUT2D eigenvalue weighted by Crippen LogP contribution is 2.31. The number of benzene rings is 1. The Hall–Kier alpha value is -0.930. The first-order valence-corrected chi connectivity index (χ1v) is 8.59. The fourth-order valence-electron chi connectivity index (χ4n) is 2.02. The van der Waals surface area contributed by atoms with Gasteiger partial charge in [-0.3, -0.25) is 0 Å². The molecule has 9 heteroatoms. The first-order valence-electron chi connectivity index (χ1n) is 7.10. The molecule has 2 rings (SSSR count). The molecule has 0 saturated heterocycles. The van der Waals surface area contributed by atoms with Crippen LogP contribution in [0.4, 0.5) is 4.39 Å². The summed E-state index contributed by atoms with van der Waals surface area (Å²) in [4.78, 5) is -0.230. The van der Waals surface area contributed by atoms with Gasteiger partial charge in [0.25, 0.3) is 0 Å². The van der Waals surface area contributed by atoms with Crippen molar-refractivity contribution in [3.05, 3.63) is 24.0 Å². The van der Waals surface area contributed by atoms with Gasteiger partial charge in [-0.2, -0.15) is 0 Å². The molecule has 0 heterocycles. The van der Waals surface area contributed by atoms with Crippen LogP contribution in [0.5, 0.6) is 5.75 Å². The van der Waals surface area contributed by atoms with Crippen LogP contribution in [0.1, 0.15) is 12.8 Å². The van der Waals surface area contributed by atoms with E-state index < -0.39 is 15.8 Å². The number of nitrogens with two attached hydrogens (primary N) is 1. The Kier molecular flexibility index (Phi) is 7.69. The van der Waals surface area contributed by atoms with E-state index in [2.05, 4.69) is 4.72 Å². The third-order valence-corrected chi connectivity index (χ3v) is 4.92. The van der Waals surface area contributed by atoms with Gasteiger partial charge in [0.05, 0.1) is 6.61 Å². The van der Waals surface area contributed by atoms with Gasteiger partial charge in [0, 0.05) is 19.7 Å². The highest BCUT2D eigenvalue weighted by Gasteiger charge is 2.30. The van der Waals surface area contributed by atoms with Crippen molar-refractivity contribution in [3.63, 3.8) is 0 Å². The Morgan fingerprint density at radius 1 is 1.39 bits per heavy atom. The molecule has 0 bridgehead atoms. The molecule has 0 aromatic heterocycles. The molecular formula is C14H22ClFN2O4S. The zero-order valence-corrected chi connectivity index (χ0v) is 14.5. The lowest BCUT2D eigenvalue weighted by atomic mass is 10.2. The first kappa shape index (κ1) is 20.1. The number of methoxy groups -OCH3 is 1. The van der Waals surface area contributed by atoms with E-state index in [1.54, 1.807) is 0 Å². The van der Waals surface area contributed by atoms with Gasteiger partial charge in [-0.1, -0.05) is 0 Å². The summed E-state index contributed by atoms with van der Waals surface area (Å²) in [5.41, 5.74) is 5.88. The minimum Gasteiger partial charge on any atom is -0.490 e. The fourth-order valence-corrected chi connectivity index (χ4v) is 3.25. The zero-order chi connectivity index (χ0) is 16.2. The molecule has 0 amide bonds. The quantitative estimate of drug-likeness (QED) is 0.641. The second-order valence-corrected chi connectivity index (χ2v) is 7.02. The molecule has 0 spiro atoms. The van der Waals surface area contributed by atoms with Gasteiger partial charge in [-0.05, 0) is 37.0 Å². The number of ether oxygens (including phenoxy) is 2. The predicted octanol–water partition coefficient (Wildman–Crippen LogP) is 1.29. The van der Waals surface area contributed by atoms with E-state index in [9.17, 15) is 12.8 Å². The molecule has 6 nitrogen and oxygen atoms in total. The van der Waals surface area contributed by atoms with Crippen molar-refractivity contribution in [3.8, 4) is 5.75 Å². The molecule has 1 atom stereocenters. The van der Waals surface area contributed by atoms with Gasteiger partial charge >= 0.3 is 0 Å². The number of halogens is 2. The average molecular weight is 369 g/mol. The number of rotatable bonds is 9. The van der Waals surface area contributed by atoms with E-state index in [1.165, 1.54) is 13.2 Å². The number of nitrogens with one attached hydrogen (secondary N) is 1. The summed E-state index contributed by atoms with van der Waals surface area (Å²) in [7, 11) is -2.38. The van der Waals surface area contributed by atoms with Gasteiger partial charge in [0.2, 0.25) is 10.0 Å². The molecule has 1 saturated carbocycles. The van der Waals surface area contributed by atoms with Crippen LogP contribution < -0.4 is 15.2 Å². The summed E-state index contributed by atoms with van der Waals surface area (Å²) >= 11 is 0. The van der Waals surface area contributed by atoms with E-state index in [4.69, 9.17) is 15.2 Å². The molecule has 1 unspecified atom stereocenters. The summed E-state index contributed by atoms with van der Waals surface area (Å²) in [5, 5.41) is 0. The summed E-state index contributed by atoms with van der Waals surface area (Å²) in [6, 6.07) is 3.16. The molecule has 1 aliphatic rings. The van der Waals surface area contributed by atoms with Gasteiger partial charge in [-0.25, -0.2) is 17.5 Å². The highest BCUT2D eigenvalue weighted by atomic mass is 35.5. The SMILES string of the molecule is COCCOc1ccc(F)cc1S(=O)(=O)NCC(N)C1CC1.Cl. The summed E-state index contributed by atoms with van der Waals surface area (Å²) in [6.07, 6.45) is 2.04. The monoisotopic (exact) mass is 368 g/mol. The van der Waals surface area contributed by atoms with Gasteiger partial charge < -0.3 is 15.2 Å². The molecule has 1 aromatic carbocycles. The van der Waals surface area contributed by atoms with Crippen LogP contribution in [-0.2, 0) is 14.8 Å². The normalized spacial score (nSPS) is 15.8. The minimum absolute atomic E-state index is 0. The van der Waals surface area contributed by atoms with Crippen LogP contribution >= 0.6 is 12.4 Å². The average Bonchev–Trinajstić information content (AvgIpc) is 3.31. The van der Waals surface area contributed by atoms with Crippen LogP contribution in [-0.4, -0.2) is 41.3 Å². The van der Waals surface area contributed by atoms with Crippen molar-refractivity contribution in [2.75, 3.05) is 26.9 Å². The van der Waals surface area contributed by atoms with Crippen molar-refractivity contribution >= 4 is 22.4 Å². The molecule has 0 aliphatic heterocycles. The maximum atomic E-state index is 13.4. The molecule has 23 heavy (non-hydrogen) atoms. The van der Waals surface area contributed by atoms with E-state index in [0.29, 0.717) is 12.5 Å². The molecule has 3 N–H and O–H groups in total. The lowest BCUT2D eigenvalue weighted by Crippen LogP contribution is -2.38. The maximum Gasteiger partial charge on any atom is 0.244 e. The molecule has 1 fully saturated rings. The van der Waals surface area contributed by atoms with Gasteiger partial charge in [0.1, 0.15) is 23.1 Å². The van der Waals surface area contributed by atoms with E-state index in [-0.39, 0.29) is 42.2 Å². The lowest BCUT2D eigenvalue weighted by Gasteiger charge is -2.15. The summed E-state index contributed by atoms with van der Waals surface area (Å²) in [5.74, 6) is -0.190. The minimum atomic E-state index is -3.89. The van der Waals surface area contributed by atoms with Gasteiger partial charge in [0.15, 0.2) is 0 Å². The highest BCUT2D eigenvalue weighted by molar-refractivity contribution is 7.89. The van der Waals surface area contributed by atoms with Crippen molar-refractivity contribution in [2.24, 2.45) is 11.7 Å². The largest absolute Gasteiger partial charge is 0.490 e. The van der Waals surface area contributed by atoms with Crippen molar-refractivity contribution in [1.29, 1.82) is 0 Å². The number of hydrogen-bond acceptors (Lipinski definition) is 5. The topological polar surface area (TPSA) is 90.6 Å². The summed E-state index contributed by atoms with van der Waals surface area (Å²) in [6.45, 7) is 0.601. The van der Waals surface area contributed by atoms with Crippen molar-refractivity contribution in [1.82, 2.24) is 4.72 Å². The number of sulfonamides is 1. The Morgan fingerprint density at radius 3 is 2.70 bits per heavy atom. The standard InChI is InChI=1S/C14H21FN2O4S.ClH/c1-20-6-7-21-13-5-4-11(15)8-14(13)22(18,19)17-9-12(16)10-2-3-10;/h4-5,8,10,12,17H,2-3,6-7,9,16H2,1H3;1H.